The topological polar surface area (TPSA) is 153 Å². The van der Waals surface area contributed by atoms with Crippen LogP contribution in [0.1, 0.15) is 72.1 Å². The summed E-state index contributed by atoms with van der Waals surface area (Å²) < 4.78 is 58.8. The molecule has 0 radical (unpaired) electrons. The third-order valence-corrected chi connectivity index (χ3v) is 15.9. The zero-order valence-corrected chi connectivity index (χ0v) is 32.0. The van der Waals surface area contributed by atoms with Crippen LogP contribution in [-0.2, 0) is 57.0 Å². The highest BCUT2D eigenvalue weighted by atomic mass is 33.1. The van der Waals surface area contributed by atoms with Gasteiger partial charge in [0.1, 0.15) is 43.2 Å². The van der Waals surface area contributed by atoms with Gasteiger partial charge in [-0.15, -0.1) is 0 Å². The SMILES string of the molecule is CC(C)C12OC1C1OC13C1(C)CCC4=C(COC4=O)C1CC1OC13C2OC(=O)OCCOCCOCCOCCOC(=O)CCCCC1CCSS1. The van der Waals surface area contributed by atoms with Crippen molar-refractivity contribution in [1.29, 1.82) is 0 Å². The Morgan fingerprint density at radius 3 is 2.37 bits per heavy atom. The average molecular weight is 769 g/mol. The molecular weight excluding hydrogens is 717 g/mol. The second-order valence-corrected chi connectivity index (χ2v) is 18.5. The van der Waals surface area contributed by atoms with E-state index in [9.17, 15) is 14.4 Å². The van der Waals surface area contributed by atoms with Gasteiger partial charge >= 0.3 is 18.1 Å². The third kappa shape index (κ3) is 6.21. The van der Waals surface area contributed by atoms with Gasteiger partial charge in [0.15, 0.2) is 11.7 Å². The summed E-state index contributed by atoms with van der Waals surface area (Å²) in [4.78, 5) is 37.5. The first-order valence-electron chi connectivity index (χ1n) is 19.1. The number of epoxide rings is 3. The van der Waals surface area contributed by atoms with Crippen LogP contribution in [0.5, 0.6) is 0 Å². The first-order valence-corrected chi connectivity index (χ1v) is 21.5. The summed E-state index contributed by atoms with van der Waals surface area (Å²) in [5.41, 5.74) is -0.615. The molecule has 10 atom stereocenters. The quantitative estimate of drug-likeness (QED) is 0.0592. The van der Waals surface area contributed by atoms with E-state index in [4.69, 9.17) is 47.4 Å². The Labute approximate surface area is 312 Å². The van der Waals surface area contributed by atoms with E-state index in [0.717, 1.165) is 35.7 Å². The van der Waals surface area contributed by atoms with Crippen molar-refractivity contribution in [2.24, 2.45) is 17.3 Å². The van der Waals surface area contributed by atoms with Crippen molar-refractivity contribution in [2.45, 2.75) is 119 Å². The molecule has 5 heterocycles. The Kier molecular flexibility index (Phi) is 10.6. The third-order valence-electron chi connectivity index (χ3n) is 12.8. The lowest BCUT2D eigenvalue weighted by Gasteiger charge is -2.53. The van der Waals surface area contributed by atoms with Gasteiger partial charge in [0.25, 0.3) is 0 Å². The standard InChI is InChI=1S/C37H52O13S2/c1-22(2)35-29(49-35)30-37(50-30)34(3)10-8-24-25(21-46-31(24)39)26(34)20-27-36(37,48-27)32(35)47-33(40)45-18-16-43-14-12-41-11-13-42-15-17-44-28(38)7-5-4-6-23-9-19-51-52-23/h22-23,26-27,29-30,32H,4-21H2,1-3H3. The Morgan fingerprint density at radius 2 is 1.65 bits per heavy atom. The molecular formula is C37H52O13S2. The summed E-state index contributed by atoms with van der Waals surface area (Å²) in [6.07, 6.45) is 4.97. The van der Waals surface area contributed by atoms with E-state index in [1.165, 1.54) is 18.6 Å². The highest BCUT2D eigenvalue weighted by molar-refractivity contribution is 8.77. The van der Waals surface area contributed by atoms with Crippen LogP contribution >= 0.6 is 21.6 Å². The lowest BCUT2D eigenvalue weighted by molar-refractivity contribution is -0.145. The van der Waals surface area contributed by atoms with Gasteiger partial charge < -0.3 is 47.4 Å². The van der Waals surface area contributed by atoms with Crippen LogP contribution in [0.2, 0.25) is 0 Å². The number of esters is 2. The lowest BCUT2D eigenvalue weighted by atomic mass is 9.46. The van der Waals surface area contributed by atoms with Crippen LogP contribution in [0.25, 0.3) is 0 Å². The summed E-state index contributed by atoms with van der Waals surface area (Å²) in [6, 6.07) is 0. The molecule has 52 heavy (non-hydrogen) atoms. The minimum absolute atomic E-state index is 0.0252. The molecule has 8 aliphatic rings. The number of ether oxygens (including phenoxy) is 10. The van der Waals surface area contributed by atoms with Crippen molar-refractivity contribution >= 4 is 39.7 Å². The molecule has 10 unspecified atom stereocenters. The molecule has 6 fully saturated rings. The summed E-state index contributed by atoms with van der Waals surface area (Å²) >= 11 is 0. The molecule has 0 N–H and O–H groups in total. The van der Waals surface area contributed by atoms with Gasteiger partial charge in [0, 0.05) is 28.4 Å². The molecule has 2 saturated carbocycles. The van der Waals surface area contributed by atoms with Crippen molar-refractivity contribution in [1.82, 2.24) is 0 Å². The van der Waals surface area contributed by atoms with Crippen LogP contribution in [0.4, 0.5) is 4.79 Å². The van der Waals surface area contributed by atoms with Crippen molar-refractivity contribution in [3.05, 3.63) is 11.1 Å². The van der Waals surface area contributed by atoms with Crippen LogP contribution in [0, 0.1) is 17.3 Å². The lowest BCUT2D eigenvalue weighted by Crippen LogP contribution is -2.70. The van der Waals surface area contributed by atoms with E-state index < -0.39 is 29.1 Å². The van der Waals surface area contributed by atoms with Crippen LogP contribution in [0.3, 0.4) is 0 Å². The number of fused-ring (bicyclic) bond motifs is 4. The average Bonchev–Trinajstić information content (AvgIpc) is 4.07. The number of hydrogen-bond donors (Lipinski definition) is 0. The first-order chi connectivity index (χ1) is 25.2. The van der Waals surface area contributed by atoms with Crippen LogP contribution in [-0.4, -0.2) is 130 Å². The van der Waals surface area contributed by atoms with Crippen LogP contribution in [0.15, 0.2) is 11.1 Å². The highest BCUT2D eigenvalue weighted by Gasteiger charge is 3.01. The maximum absolute atomic E-state index is 13.2. The van der Waals surface area contributed by atoms with E-state index in [1.807, 2.05) is 21.6 Å². The van der Waals surface area contributed by atoms with Gasteiger partial charge in [0.05, 0.1) is 45.7 Å². The number of carbonyl (C=O) groups excluding carboxylic acids is 3. The largest absolute Gasteiger partial charge is 0.508 e. The monoisotopic (exact) mass is 768 g/mol. The zero-order chi connectivity index (χ0) is 36.1. The van der Waals surface area contributed by atoms with Gasteiger partial charge in [0.2, 0.25) is 0 Å². The van der Waals surface area contributed by atoms with Crippen molar-refractivity contribution in [3.63, 3.8) is 0 Å². The highest BCUT2D eigenvalue weighted by Crippen LogP contribution is 2.83. The molecule has 0 aromatic rings. The molecule has 5 aliphatic heterocycles. The first kappa shape index (κ1) is 37.3. The molecule has 0 aromatic carbocycles. The number of rotatable bonds is 19. The Morgan fingerprint density at radius 1 is 0.923 bits per heavy atom. The Hall–Kier alpha value is -1.59. The smallest absolute Gasteiger partial charge is 0.463 e. The molecule has 0 bridgehead atoms. The number of carbonyl (C=O) groups is 3. The molecule has 290 valence electrons. The van der Waals surface area contributed by atoms with Gasteiger partial charge in [-0.1, -0.05) is 48.8 Å². The minimum atomic E-state index is -0.824. The number of unbranched alkanes of at least 4 members (excludes halogenated alkanes) is 1. The minimum Gasteiger partial charge on any atom is -0.463 e. The second-order valence-electron chi connectivity index (χ2n) is 15.7. The molecule has 3 aliphatic carbocycles. The molecule has 2 spiro atoms. The maximum atomic E-state index is 13.2. The van der Waals surface area contributed by atoms with E-state index in [-0.39, 0.29) is 67.3 Å². The molecule has 15 heteroatoms. The Balaban J connectivity index is 0.716. The fourth-order valence-electron chi connectivity index (χ4n) is 10.2. The van der Waals surface area contributed by atoms with Gasteiger partial charge in [-0.25, -0.2) is 9.59 Å². The van der Waals surface area contributed by atoms with E-state index in [0.29, 0.717) is 58.9 Å². The zero-order valence-electron chi connectivity index (χ0n) is 30.4. The van der Waals surface area contributed by atoms with Crippen molar-refractivity contribution in [2.75, 3.05) is 65.2 Å². The predicted octanol–water partition coefficient (Wildman–Crippen LogP) is 4.57. The van der Waals surface area contributed by atoms with E-state index >= 15 is 0 Å². The van der Waals surface area contributed by atoms with Crippen molar-refractivity contribution < 1.29 is 61.8 Å². The molecule has 13 nitrogen and oxygen atoms in total. The second kappa shape index (κ2) is 14.8. The maximum Gasteiger partial charge on any atom is 0.508 e. The summed E-state index contributed by atoms with van der Waals surface area (Å²) in [5, 5.41) is 0.744. The number of hydrogen-bond acceptors (Lipinski definition) is 15. The fourth-order valence-corrected chi connectivity index (χ4v) is 13.2. The van der Waals surface area contributed by atoms with Gasteiger partial charge in [-0.3, -0.25) is 4.79 Å². The summed E-state index contributed by atoms with van der Waals surface area (Å²) in [6.45, 7) is 9.00. The molecule has 0 aromatic heterocycles. The molecule has 8 rings (SSSR count). The van der Waals surface area contributed by atoms with Gasteiger partial charge in [-0.05, 0) is 55.9 Å². The summed E-state index contributed by atoms with van der Waals surface area (Å²) in [5.74, 6) is 1.03. The summed E-state index contributed by atoms with van der Waals surface area (Å²) in [7, 11) is 3.92. The van der Waals surface area contributed by atoms with Crippen LogP contribution < -0.4 is 0 Å². The molecule has 4 saturated heterocycles. The normalized spacial score (nSPS) is 40.1. The Bertz CT molecular complexity index is 1420. The molecule has 0 amide bonds. The predicted molar refractivity (Wildman–Crippen MR) is 188 cm³/mol. The van der Waals surface area contributed by atoms with E-state index in [2.05, 4.69) is 20.8 Å². The van der Waals surface area contributed by atoms with Gasteiger partial charge in [-0.2, -0.15) is 0 Å². The fraction of sp³-hybridized carbons (Fsp3) is 0.865. The van der Waals surface area contributed by atoms with E-state index in [1.54, 1.807) is 0 Å². The number of cyclic esters (lactones) is 1. The van der Waals surface area contributed by atoms with Crippen molar-refractivity contribution in [3.8, 4) is 0 Å².